The van der Waals surface area contributed by atoms with E-state index >= 15 is 0 Å². The fourth-order valence-corrected chi connectivity index (χ4v) is 1.97. The van der Waals surface area contributed by atoms with Crippen LogP contribution in [0.1, 0.15) is 20.8 Å². The molecule has 1 fully saturated rings. The summed E-state index contributed by atoms with van der Waals surface area (Å²) in [6.45, 7) is 7.89. The first-order chi connectivity index (χ1) is 9.37. The monoisotopic (exact) mass is 279 g/mol. The van der Waals surface area contributed by atoms with Crippen molar-refractivity contribution >= 4 is 12.1 Å². The molecule has 2 rings (SSSR count). The van der Waals surface area contributed by atoms with Gasteiger partial charge in [-0.25, -0.2) is 9.48 Å². The van der Waals surface area contributed by atoms with Crippen molar-refractivity contribution < 1.29 is 9.53 Å². The van der Waals surface area contributed by atoms with E-state index in [0.29, 0.717) is 32.1 Å². The number of ether oxygens (including phenoxy) is 1. The largest absolute Gasteiger partial charge is 0.444 e. The minimum atomic E-state index is -0.476. The molecule has 0 saturated carbocycles. The van der Waals surface area contributed by atoms with Crippen molar-refractivity contribution in [1.82, 2.24) is 19.6 Å². The Kier molecular flexibility index (Phi) is 3.96. The van der Waals surface area contributed by atoms with Crippen LogP contribution < -0.4 is 0 Å². The zero-order valence-electron chi connectivity index (χ0n) is 12.2. The normalized spacial score (nSPS) is 16.1. The quantitative estimate of drug-likeness (QED) is 0.572. The number of nitrogens with zero attached hydrogens (tertiary/aromatic N) is 4. The molecule has 1 saturated heterocycles. The molecule has 1 N–H and O–H groups in total. The summed E-state index contributed by atoms with van der Waals surface area (Å²) in [7, 11) is 0. The van der Waals surface area contributed by atoms with Crippen molar-refractivity contribution in [2.24, 2.45) is 0 Å². The number of rotatable bonds is 0. The number of aromatic nitrogens is 2. The highest BCUT2D eigenvalue weighted by Gasteiger charge is 2.27. The number of nitrogens with one attached hydrogen (secondary N) is 1. The Morgan fingerprint density at radius 2 is 1.80 bits per heavy atom. The highest BCUT2D eigenvalue weighted by atomic mass is 16.6. The molecule has 7 heteroatoms. The van der Waals surface area contributed by atoms with Crippen LogP contribution in [-0.2, 0) is 4.74 Å². The first-order valence-electron chi connectivity index (χ1n) is 6.68. The highest BCUT2D eigenvalue weighted by molar-refractivity contribution is 5.78. The molecule has 0 atom stereocenters. The molecule has 20 heavy (non-hydrogen) atoms. The average Bonchev–Trinajstić information content (AvgIpc) is 2.90. The predicted molar refractivity (Wildman–Crippen MR) is 74.7 cm³/mol. The summed E-state index contributed by atoms with van der Waals surface area (Å²) in [6.07, 6.45) is 3.09. The summed E-state index contributed by atoms with van der Waals surface area (Å²) in [4.78, 5) is 15.5. The van der Waals surface area contributed by atoms with E-state index < -0.39 is 5.60 Å². The third-order valence-corrected chi connectivity index (χ3v) is 2.95. The summed E-state index contributed by atoms with van der Waals surface area (Å²) in [5, 5.41) is 12.1. The zero-order valence-corrected chi connectivity index (χ0v) is 12.2. The van der Waals surface area contributed by atoms with E-state index in [9.17, 15) is 4.79 Å². The van der Waals surface area contributed by atoms with Crippen molar-refractivity contribution in [3.63, 3.8) is 0 Å². The van der Waals surface area contributed by atoms with Crippen LogP contribution in [0.5, 0.6) is 0 Å². The lowest BCUT2D eigenvalue weighted by Gasteiger charge is -2.36. The minimum absolute atomic E-state index is 0.289. The molecule has 1 aliphatic rings. The van der Waals surface area contributed by atoms with Gasteiger partial charge in [-0.3, -0.25) is 5.41 Å². The Morgan fingerprint density at radius 1 is 1.20 bits per heavy atom. The van der Waals surface area contributed by atoms with Gasteiger partial charge in [0.15, 0.2) is 0 Å². The van der Waals surface area contributed by atoms with Gasteiger partial charge in [-0.1, -0.05) is 0 Å². The molecular weight excluding hydrogens is 258 g/mol. The number of hydrogen-bond donors (Lipinski definition) is 1. The standard InChI is InChI=1S/C13H21N5O2/c1-13(2,3)20-12(19)17-9-7-16(8-10-17)11(14)18-6-4-5-15-18/h4-6,14H,7-10H2,1-3H3. The fraction of sp³-hybridized carbons (Fsp3) is 0.615. The Labute approximate surface area is 118 Å². The summed E-state index contributed by atoms with van der Waals surface area (Å²) in [5.41, 5.74) is -0.476. The third kappa shape index (κ3) is 3.49. The van der Waals surface area contributed by atoms with E-state index in [1.165, 1.54) is 4.68 Å². The molecule has 7 nitrogen and oxygen atoms in total. The maximum atomic E-state index is 11.9. The van der Waals surface area contributed by atoms with E-state index in [-0.39, 0.29) is 6.09 Å². The molecule has 0 aliphatic carbocycles. The van der Waals surface area contributed by atoms with Crippen LogP contribution in [0.4, 0.5) is 4.79 Å². The topological polar surface area (TPSA) is 74.5 Å². The molecule has 1 amide bonds. The Bertz CT molecular complexity index is 469. The summed E-state index contributed by atoms with van der Waals surface area (Å²) < 4.78 is 6.86. The van der Waals surface area contributed by atoms with Crippen LogP contribution >= 0.6 is 0 Å². The molecule has 1 aromatic heterocycles. The second kappa shape index (κ2) is 5.52. The molecule has 0 radical (unpaired) electrons. The summed E-state index contributed by atoms with van der Waals surface area (Å²) >= 11 is 0. The average molecular weight is 279 g/mol. The van der Waals surface area contributed by atoms with Crippen molar-refractivity contribution in [3.8, 4) is 0 Å². The molecule has 0 aromatic carbocycles. The van der Waals surface area contributed by atoms with E-state index in [1.54, 1.807) is 23.4 Å². The van der Waals surface area contributed by atoms with Gasteiger partial charge in [0.05, 0.1) is 0 Å². The van der Waals surface area contributed by atoms with Crippen molar-refractivity contribution in [2.75, 3.05) is 26.2 Å². The van der Waals surface area contributed by atoms with Crippen molar-refractivity contribution in [2.45, 2.75) is 26.4 Å². The first kappa shape index (κ1) is 14.4. The lowest BCUT2D eigenvalue weighted by atomic mass is 10.2. The first-order valence-corrected chi connectivity index (χ1v) is 6.68. The molecular formula is C13H21N5O2. The van der Waals surface area contributed by atoms with Crippen LogP contribution in [0.25, 0.3) is 0 Å². The summed E-state index contributed by atoms with van der Waals surface area (Å²) in [5.74, 6) is 0.332. The van der Waals surface area contributed by atoms with Crippen molar-refractivity contribution in [3.05, 3.63) is 18.5 Å². The van der Waals surface area contributed by atoms with Crippen LogP contribution in [0.15, 0.2) is 18.5 Å². The molecule has 1 aliphatic heterocycles. The third-order valence-electron chi connectivity index (χ3n) is 2.95. The van der Waals surface area contributed by atoms with Crippen LogP contribution in [0, 0.1) is 5.41 Å². The number of carbonyl (C=O) groups excluding carboxylic acids is 1. The summed E-state index contributed by atoms with van der Waals surface area (Å²) in [6, 6.07) is 1.78. The minimum Gasteiger partial charge on any atom is -0.444 e. The molecule has 1 aromatic rings. The van der Waals surface area contributed by atoms with Gasteiger partial charge < -0.3 is 14.5 Å². The molecule has 0 spiro atoms. The lowest BCUT2D eigenvalue weighted by Crippen LogP contribution is -2.52. The van der Waals surface area contributed by atoms with Crippen molar-refractivity contribution in [1.29, 1.82) is 5.41 Å². The van der Waals surface area contributed by atoms with Gasteiger partial charge in [-0.05, 0) is 26.8 Å². The number of piperazine rings is 1. The smallest absolute Gasteiger partial charge is 0.410 e. The maximum absolute atomic E-state index is 11.9. The molecule has 0 unspecified atom stereocenters. The van der Waals surface area contributed by atoms with Gasteiger partial charge in [0, 0.05) is 38.6 Å². The second-order valence-corrected chi connectivity index (χ2v) is 5.73. The van der Waals surface area contributed by atoms with E-state index in [0.717, 1.165) is 0 Å². The van der Waals surface area contributed by atoms with E-state index in [1.807, 2.05) is 25.7 Å². The van der Waals surface area contributed by atoms with Gasteiger partial charge in [-0.15, -0.1) is 0 Å². The van der Waals surface area contributed by atoms with Crippen LogP contribution in [0.3, 0.4) is 0 Å². The highest BCUT2D eigenvalue weighted by Crippen LogP contribution is 2.12. The van der Waals surface area contributed by atoms with E-state index in [4.69, 9.17) is 10.1 Å². The SMILES string of the molecule is CC(C)(C)OC(=O)N1CCN(C(=N)n2cccn2)CC1. The fourth-order valence-electron chi connectivity index (χ4n) is 1.97. The number of hydrogen-bond acceptors (Lipinski definition) is 4. The zero-order chi connectivity index (χ0) is 14.8. The van der Waals surface area contributed by atoms with Gasteiger partial charge >= 0.3 is 6.09 Å². The number of amides is 1. The Hall–Kier alpha value is -2.05. The molecule has 110 valence electrons. The van der Waals surface area contributed by atoms with Gasteiger partial charge in [0.1, 0.15) is 5.60 Å². The van der Waals surface area contributed by atoms with Gasteiger partial charge in [0.25, 0.3) is 0 Å². The van der Waals surface area contributed by atoms with Crippen LogP contribution in [-0.4, -0.2) is 63.4 Å². The number of carbonyl (C=O) groups is 1. The predicted octanol–water partition coefficient (Wildman–Crippen LogP) is 1.22. The van der Waals surface area contributed by atoms with Gasteiger partial charge in [0.2, 0.25) is 5.96 Å². The Balaban J connectivity index is 1.86. The molecule has 0 bridgehead atoms. The molecule has 2 heterocycles. The maximum Gasteiger partial charge on any atom is 0.410 e. The lowest BCUT2D eigenvalue weighted by molar-refractivity contribution is 0.0184. The Morgan fingerprint density at radius 3 is 2.30 bits per heavy atom. The van der Waals surface area contributed by atoms with Crippen LogP contribution in [0.2, 0.25) is 0 Å². The second-order valence-electron chi connectivity index (χ2n) is 5.73. The van der Waals surface area contributed by atoms with Gasteiger partial charge in [-0.2, -0.15) is 5.10 Å². The van der Waals surface area contributed by atoms with E-state index in [2.05, 4.69) is 5.10 Å².